The Morgan fingerprint density at radius 1 is 0.966 bits per heavy atom. The third kappa shape index (κ3) is 3.44. The van der Waals surface area contributed by atoms with Crippen LogP contribution in [0.3, 0.4) is 0 Å². The molecule has 1 unspecified atom stereocenters. The molecule has 1 N–H and O–H groups in total. The standard InChI is InChI=1S/C25H26N3.HI/c1-4-5-18(3)26-21-9-12-24-20(15-21)7-10-22-16-27-23-11-6-17(2)14-19(23)8-13-25(27)28(22)24;/h6-16,18,26H,4-5H2,1-3H3;1H/q+1;/p-1. The number of nitrogens with zero attached hydrogens (tertiary/aromatic N) is 2. The van der Waals surface area contributed by atoms with E-state index in [1.54, 1.807) is 0 Å². The van der Waals surface area contributed by atoms with E-state index in [9.17, 15) is 0 Å². The van der Waals surface area contributed by atoms with Crippen molar-refractivity contribution in [1.82, 2.24) is 4.40 Å². The van der Waals surface area contributed by atoms with Crippen LogP contribution >= 0.6 is 0 Å². The van der Waals surface area contributed by atoms with E-state index >= 15 is 0 Å². The van der Waals surface area contributed by atoms with Crippen LogP contribution in [0.5, 0.6) is 0 Å². The van der Waals surface area contributed by atoms with Gasteiger partial charge in [0.2, 0.25) is 0 Å². The molecule has 0 aliphatic heterocycles. The molecule has 0 spiro atoms. The molecule has 0 amide bonds. The van der Waals surface area contributed by atoms with Gasteiger partial charge in [-0.25, -0.2) is 0 Å². The van der Waals surface area contributed by atoms with E-state index in [1.807, 2.05) is 0 Å². The van der Waals surface area contributed by atoms with Crippen LogP contribution in [0.1, 0.15) is 32.3 Å². The first-order valence-corrected chi connectivity index (χ1v) is 10.2. The van der Waals surface area contributed by atoms with Crippen molar-refractivity contribution < 1.29 is 28.4 Å². The normalized spacial score (nSPS) is 12.5. The number of halogens is 1. The van der Waals surface area contributed by atoms with Crippen molar-refractivity contribution in [2.45, 2.75) is 39.7 Å². The van der Waals surface area contributed by atoms with Crippen LogP contribution in [0.2, 0.25) is 0 Å². The highest BCUT2D eigenvalue weighted by atomic mass is 127. The fourth-order valence-corrected chi connectivity index (χ4v) is 4.36. The number of fused-ring (bicyclic) bond motifs is 7. The maximum absolute atomic E-state index is 3.63. The number of pyridine rings is 2. The predicted molar refractivity (Wildman–Crippen MR) is 118 cm³/mol. The van der Waals surface area contributed by atoms with E-state index in [2.05, 4.69) is 102 Å². The molecule has 3 aromatic heterocycles. The van der Waals surface area contributed by atoms with Crippen molar-refractivity contribution in [2.24, 2.45) is 0 Å². The smallest absolute Gasteiger partial charge is 0.292 e. The maximum Gasteiger partial charge on any atom is 0.292 e. The minimum Gasteiger partial charge on any atom is -1.00 e. The van der Waals surface area contributed by atoms with Crippen LogP contribution in [-0.4, -0.2) is 10.4 Å². The van der Waals surface area contributed by atoms with Gasteiger partial charge in [-0.05, 0) is 68.8 Å². The molecule has 2 aromatic carbocycles. The van der Waals surface area contributed by atoms with Gasteiger partial charge in [0.1, 0.15) is 17.2 Å². The van der Waals surface area contributed by atoms with Gasteiger partial charge in [0.15, 0.2) is 5.52 Å². The zero-order chi connectivity index (χ0) is 19.3. The lowest BCUT2D eigenvalue weighted by atomic mass is 10.1. The molecule has 1 atom stereocenters. The van der Waals surface area contributed by atoms with E-state index in [1.165, 1.54) is 57.1 Å². The first kappa shape index (κ1) is 20.0. The van der Waals surface area contributed by atoms with Gasteiger partial charge < -0.3 is 29.3 Å². The Morgan fingerprint density at radius 2 is 1.79 bits per heavy atom. The second-order valence-electron chi connectivity index (χ2n) is 7.95. The molecule has 0 aliphatic carbocycles. The molecule has 4 heteroatoms. The molecule has 3 nitrogen and oxygen atoms in total. The molecular weight excluding hydrogens is 469 g/mol. The Hall–Kier alpha value is -2.34. The first-order chi connectivity index (χ1) is 13.6. The molecule has 3 heterocycles. The topological polar surface area (TPSA) is 20.5 Å². The molecule has 0 saturated carbocycles. The lowest BCUT2D eigenvalue weighted by Crippen LogP contribution is -3.00. The molecule has 5 aromatic rings. The molecule has 5 rings (SSSR count). The van der Waals surface area contributed by atoms with Crippen LogP contribution in [0, 0.1) is 6.92 Å². The number of aryl methyl sites for hydroxylation is 1. The van der Waals surface area contributed by atoms with Gasteiger partial charge in [-0.2, -0.15) is 8.80 Å². The van der Waals surface area contributed by atoms with Gasteiger partial charge >= 0.3 is 0 Å². The third-order valence-corrected chi connectivity index (χ3v) is 5.69. The summed E-state index contributed by atoms with van der Waals surface area (Å²) in [5, 5.41) is 6.15. The van der Waals surface area contributed by atoms with E-state index in [0.29, 0.717) is 6.04 Å². The van der Waals surface area contributed by atoms with Crippen LogP contribution in [0.25, 0.3) is 33.0 Å². The fourth-order valence-electron chi connectivity index (χ4n) is 4.36. The summed E-state index contributed by atoms with van der Waals surface area (Å²) in [6.45, 7) is 6.62. The van der Waals surface area contributed by atoms with Crippen molar-refractivity contribution in [3.05, 3.63) is 72.4 Å². The largest absolute Gasteiger partial charge is 1.00 e. The van der Waals surface area contributed by atoms with Crippen LogP contribution < -0.4 is 33.7 Å². The zero-order valence-electron chi connectivity index (χ0n) is 17.1. The summed E-state index contributed by atoms with van der Waals surface area (Å²) in [6.07, 6.45) is 4.62. The highest BCUT2D eigenvalue weighted by Gasteiger charge is 2.17. The number of aromatic nitrogens is 2. The molecule has 29 heavy (non-hydrogen) atoms. The fraction of sp³-hybridized carbons (Fsp3) is 0.240. The lowest BCUT2D eigenvalue weighted by molar-refractivity contribution is -0.479. The number of hydrogen-bond acceptors (Lipinski definition) is 1. The molecule has 0 aliphatic rings. The SMILES string of the molecule is CCCC(C)Nc1ccc2c(ccc3c[n+]4c5ccc(C)cc5ccc4n32)c1.[I-]. The highest BCUT2D eigenvalue weighted by Crippen LogP contribution is 2.24. The minimum absolute atomic E-state index is 0. The molecule has 0 fully saturated rings. The Kier molecular flexibility index (Phi) is 5.38. The van der Waals surface area contributed by atoms with Crippen molar-refractivity contribution in [2.75, 3.05) is 5.32 Å². The number of benzene rings is 2. The van der Waals surface area contributed by atoms with Crippen LogP contribution in [0.15, 0.2) is 66.9 Å². The summed E-state index contributed by atoms with van der Waals surface area (Å²) in [5.41, 5.74) is 7.36. The maximum atomic E-state index is 3.63. The van der Waals surface area contributed by atoms with Crippen molar-refractivity contribution in [3.63, 3.8) is 0 Å². The summed E-state index contributed by atoms with van der Waals surface area (Å²) < 4.78 is 4.66. The van der Waals surface area contributed by atoms with Gasteiger partial charge in [0.05, 0.1) is 0 Å². The third-order valence-electron chi connectivity index (χ3n) is 5.69. The Morgan fingerprint density at radius 3 is 2.62 bits per heavy atom. The van der Waals surface area contributed by atoms with Crippen molar-refractivity contribution >= 4 is 38.7 Å². The number of nitrogens with one attached hydrogen (secondary N) is 1. The second-order valence-corrected chi connectivity index (χ2v) is 7.95. The van der Waals surface area contributed by atoms with E-state index in [0.717, 1.165) is 0 Å². The number of hydrogen-bond donors (Lipinski definition) is 1. The Bertz CT molecular complexity index is 1340. The van der Waals surface area contributed by atoms with Crippen molar-refractivity contribution in [3.8, 4) is 0 Å². The summed E-state index contributed by atoms with van der Waals surface area (Å²) in [6, 6.07) is 22.7. The van der Waals surface area contributed by atoms with E-state index in [4.69, 9.17) is 0 Å². The van der Waals surface area contributed by atoms with E-state index < -0.39 is 0 Å². The minimum atomic E-state index is 0. The van der Waals surface area contributed by atoms with E-state index in [-0.39, 0.29) is 24.0 Å². The zero-order valence-corrected chi connectivity index (χ0v) is 19.3. The summed E-state index contributed by atoms with van der Waals surface area (Å²) in [7, 11) is 0. The number of rotatable bonds is 4. The molecular formula is C25H26IN3. The Balaban J connectivity index is 0.00000205. The summed E-state index contributed by atoms with van der Waals surface area (Å²) in [4.78, 5) is 0. The average molecular weight is 495 g/mol. The second kappa shape index (κ2) is 7.82. The summed E-state index contributed by atoms with van der Waals surface area (Å²) in [5.74, 6) is 0. The quantitative estimate of drug-likeness (QED) is 0.301. The van der Waals surface area contributed by atoms with Crippen molar-refractivity contribution in [1.29, 1.82) is 0 Å². The number of anilines is 1. The molecule has 0 radical (unpaired) electrons. The molecule has 148 valence electrons. The van der Waals surface area contributed by atoms with Crippen LogP contribution in [-0.2, 0) is 0 Å². The van der Waals surface area contributed by atoms with Crippen LogP contribution in [0.4, 0.5) is 5.69 Å². The predicted octanol–water partition coefficient (Wildman–Crippen LogP) is 2.90. The monoisotopic (exact) mass is 495 g/mol. The number of imidazole rings is 1. The first-order valence-electron chi connectivity index (χ1n) is 10.2. The highest BCUT2D eigenvalue weighted by molar-refractivity contribution is 5.88. The van der Waals surface area contributed by atoms with Gasteiger partial charge in [-0.3, -0.25) is 0 Å². The van der Waals surface area contributed by atoms with Gasteiger partial charge in [0, 0.05) is 28.6 Å². The Labute approximate surface area is 188 Å². The lowest BCUT2D eigenvalue weighted by Gasteiger charge is -2.14. The summed E-state index contributed by atoms with van der Waals surface area (Å²) >= 11 is 0. The molecule has 0 bridgehead atoms. The van der Waals surface area contributed by atoms with Gasteiger partial charge in [0.25, 0.3) is 5.65 Å². The van der Waals surface area contributed by atoms with Gasteiger partial charge in [-0.1, -0.05) is 25.0 Å². The van der Waals surface area contributed by atoms with Gasteiger partial charge in [-0.15, -0.1) is 0 Å². The average Bonchev–Trinajstić information content (AvgIpc) is 3.07. The molecule has 0 saturated heterocycles.